The number of nitrogens with zero attached hydrogens (tertiary/aromatic N) is 4. The molecule has 0 amide bonds. The summed E-state index contributed by atoms with van der Waals surface area (Å²) in [7, 11) is -3.76. The number of anilines is 1. The van der Waals surface area contributed by atoms with Gasteiger partial charge in [-0.2, -0.15) is 4.68 Å². The van der Waals surface area contributed by atoms with Crippen molar-refractivity contribution in [3.63, 3.8) is 0 Å². The van der Waals surface area contributed by atoms with Gasteiger partial charge in [0.25, 0.3) is 10.0 Å². The highest BCUT2D eigenvalue weighted by Crippen LogP contribution is 2.21. The van der Waals surface area contributed by atoms with Crippen LogP contribution < -0.4 is 4.72 Å². The second kappa shape index (κ2) is 5.76. The molecular formula is C14H12FN5O2S. The van der Waals surface area contributed by atoms with Crippen molar-refractivity contribution in [2.24, 2.45) is 0 Å². The average molecular weight is 333 g/mol. The van der Waals surface area contributed by atoms with Gasteiger partial charge in [-0.25, -0.2) is 12.8 Å². The van der Waals surface area contributed by atoms with Crippen LogP contribution in [0.3, 0.4) is 0 Å². The summed E-state index contributed by atoms with van der Waals surface area (Å²) in [5, 5.41) is 10.4. The third-order valence-corrected chi connectivity index (χ3v) is 4.52. The van der Waals surface area contributed by atoms with Gasteiger partial charge >= 0.3 is 0 Å². The quantitative estimate of drug-likeness (QED) is 0.788. The van der Waals surface area contributed by atoms with Gasteiger partial charge in [0.15, 0.2) is 0 Å². The van der Waals surface area contributed by atoms with E-state index in [4.69, 9.17) is 0 Å². The summed E-state index contributed by atoms with van der Waals surface area (Å²) in [5.74, 6) is -0.574. The highest BCUT2D eigenvalue weighted by Gasteiger charge is 2.15. The number of hydrogen-bond acceptors (Lipinski definition) is 5. The zero-order valence-corrected chi connectivity index (χ0v) is 12.8. The predicted octanol–water partition coefficient (Wildman–Crippen LogP) is 1.91. The fraction of sp³-hybridized carbons (Fsp3) is 0.0714. The molecule has 118 valence electrons. The van der Waals surface area contributed by atoms with Crippen LogP contribution in [0.2, 0.25) is 0 Å². The van der Waals surface area contributed by atoms with Crippen LogP contribution in [0.4, 0.5) is 10.1 Å². The first-order chi connectivity index (χ1) is 11.0. The Bertz CT molecular complexity index is 924. The highest BCUT2D eigenvalue weighted by atomic mass is 32.2. The van der Waals surface area contributed by atoms with Crippen molar-refractivity contribution < 1.29 is 12.8 Å². The number of nitrogens with one attached hydrogen (secondary N) is 1. The Morgan fingerprint density at radius 2 is 1.87 bits per heavy atom. The Balaban J connectivity index is 1.94. The van der Waals surface area contributed by atoms with Crippen LogP contribution in [0.1, 0.15) is 5.56 Å². The second-order valence-corrected chi connectivity index (χ2v) is 6.52. The number of rotatable bonds is 4. The molecule has 1 aromatic heterocycles. The minimum atomic E-state index is -3.76. The summed E-state index contributed by atoms with van der Waals surface area (Å²) in [5.41, 5.74) is 1.20. The van der Waals surface area contributed by atoms with Gasteiger partial charge in [0.2, 0.25) is 0 Å². The average Bonchev–Trinajstić information content (AvgIpc) is 3.03. The van der Waals surface area contributed by atoms with Crippen molar-refractivity contribution >= 4 is 15.7 Å². The van der Waals surface area contributed by atoms with E-state index in [1.807, 2.05) is 6.92 Å². The molecule has 0 aliphatic heterocycles. The number of aromatic nitrogens is 4. The highest BCUT2D eigenvalue weighted by molar-refractivity contribution is 7.92. The maximum atomic E-state index is 13.8. The number of benzene rings is 2. The van der Waals surface area contributed by atoms with Crippen LogP contribution in [0.15, 0.2) is 53.7 Å². The second-order valence-electron chi connectivity index (χ2n) is 4.84. The molecule has 3 rings (SSSR count). The van der Waals surface area contributed by atoms with E-state index < -0.39 is 15.8 Å². The van der Waals surface area contributed by atoms with Gasteiger partial charge in [-0.3, -0.25) is 4.72 Å². The van der Waals surface area contributed by atoms with Gasteiger partial charge in [0.05, 0.1) is 10.6 Å². The molecule has 0 fully saturated rings. The van der Waals surface area contributed by atoms with Crippen LogP contribution in [-0.2, 0) is 10.0 Å². The summed E-state index contributed by atoms with van der Waals surface area (Å²) in [6, 6.07) is 10.2. The summed E-state index contributed by atoms with van der Waals surface area (Å²) < 4.78 is 42.0. The van der Waals surface area contributed by atoms with Gasteiger partial charge < -0.3 is 0 Å². The molecule has 1 N–H and O–H groups in total. The van der Waals surface area contributed by atoms with Crippen LogP contribution in [0, 0.1) is 12.7 Å². The minimum Gasteiger partial charge on any atom is -0.280 e. The maximum absolute atomic E-state index is 13.8. The molecule has 1 heterocycles. The maximum Gasteiger partial charge on any atom is 0.261 e. The first-order valence-corrected chi connectivity index (χ1v) is 8.06. The Hall–Kier alpha value is -2.81. The van der Waals surface area contributed by atoms with Crippen molar-refractivity contribution in [1.29, 1.82) is 0 Å². The van der Waals surface area contributed by atoms with Crippen molar-refractivity contribution in [1.82, 2.24) is 20.2 Å². The molecule has 2 aromatic carbocycles. The molecule has 0 saturated heterocycles. The fourth-order valence-corrected chi connectivity index (χ4v) is 3.00. The van der Waals surface area contributed by atoms with Gasteiger partial charge in [-0.05, 0) is 47.7 Å². The molecule has 0 aliphatic rings. The Morgan fingerprint density at radius 1 is 1.13 bits per heavy atom. The number of sulfonamides is 1. The summed E-state index contributed by atoms with van der Waals surface area (Å²) in [6.45, 7) is 1.86. The first-order valence-electron chi connectivity index (χ1n) is 6.58. The fourth-order valence-electron chi connectivity index (χ4n) is 1.95. The minimum absolute atomic E-state index is 0.0408. The van der Waals surface area contributed by atoms with Gasteiger partial charge in [0.1, 0.15) is 17.8 Å². The molecular weight excluding hydrogens is 321 g/mol. The normalized spacial score (nSPS) is 11.4. The number of hydrogen-bond donors (Lipinski definition) is 1. The van der Waals surface area contributed by atoms with Crippen LogP contribution in [0.25, 0.3) is 5.69 Å². The summed E-state index contributed by atoms with van der Waals surface area (Å²) in [6.07, 6.45) is 1.22. The third kappa shape index (κ3) is 3.19. The topological polar surface area (TPSA) is 89.8 Å². The summed E-state index contributed by atoms with van der Waals surface area (Å²) >= 11 is 0. The molecule has 0 bridgehead atoms. The van der Waals surface area contributed by atoms with E-state index >= 15 is 0 Å². The van der Waals surface area contributed by atoms with Crippen LogP contribution in [0.5, 0.6) is 0 Å². The lowest BCUT2D eigenvalue weighted by atomic mass is 10.2. The molecule has 9 heteroatoms. The van der Waals surface area contributed by atoms with Gasteiger partial charge in [-0.1, -0.05) is 17.7 Å². The van der Waals surface area contributed by atoms with Crippen molar-refractivity contribution in [3.8, 4) is 5.69 Å². The molecule has 3 aromatic rings. The molecule has 0 aliphatic carbocycles. The lowest BCUT2D eigenvalue weighted by Crippen LogP contribution is -2.13. The SMILES string of the molecule is Cc1ccc(S(=O)(=O)Nc2ccc(F)c(-n3cnnn3)c2)cc1. The zero-order valence-electron chi connectivity index (χ0n) is 12.0. The van der Waals surface area contributed by atoms with E-state index in [1.165, 1.54) is 30.6 Å². The van der Waals surface area contributed by atoms with E-state index in [1.54, 1.807) is 12.1 Å². The molecule has 0 unspecified atom stereocenters. The van der Waals surface area contributed by atoms with Crippen LogP contribution >= 0.6 is 0 Å². The van der Waals surface area contributed by atoms with E-state index in [2.05, 4.69) is 20.2 Å². The molecule has 0 radical (unpaired) electrons. The van der Waals surface area contributed by atoms with Crippen molar-refractivity contribution in [3.05, 3.63) is 60.2 Å². The summed E-state index contributed by atoms with van der Waals surface area (Å²) in [4.78, 5) is 0.122. The smallest absolute Gasteiger partial charge is 0.261 e. The Labute approximate surface area is 131 Å². The lowest BCUT2D eigenvalue weighted by molar-refractivity contribution is 0.600. The molecule has 0 saturated carbocycles. The lowest BCUT2D eigenvalue weighted by Gasteiger charge is -2.10. The largest absolute Gasteiger partial charge is 0.280 e. The van der Waals surface area contributed by atoms with Gasteiger partial charge in [-0.15, -0.1) is 5.10 Å². The predicted molar refractivity (Wildman–Crippen MR) is 81.1 cm³/mol. The monoisotopic (exact) mass is 333 g/mol. The van der Waals surface area contributed by atoms with E-state index in [9.17, 15) is 12.8 Å². The standard InChI is InChI=1S/C14H12FN5O2S/c1-10-2-5-12(6-3-10)23(21,22)17-11-4-7-13(15)14(8-11)20-9-16-18-19-20/h2-9,17H,1H3. The van der Waals surface area contributed by atoms with Crippen molar-refractivity contribution in [2.45, 2.75) is 11.8 Å². The molecule has 0 atom stereocenters. The molecule has 23 heavy (non-hydrogen) atoms. The van der Waals surface area contributed by atoms with E-state index in [-0.39, 0.29) is 16.3 Å². The number of halogens is 1. The van der Waals surface area contributed by atoms with E-state index in [0.29, 0.717) is 0 Å². The van der Waals surface area contributed by atoms with Gasteiger partial charge in [0, 0.05) is 0 Å². The third-order valence-electron chi connectivity index (χ3n) is 3.13. The van der Waals surface area contributed by atoms with Crippen molar-refractivity contribution in [2.75, 3.05) is 4.72 Å². The zero-order chi connectivity index (χ0) is 16.4. The Morgan fingerprint density at radius 3 is 2.52 bits per heavy atom. The number of tetrazole rings is 1. The number of aryl methyl sites for hydroxylation is 1. The Kier molecular flexibility index (Phi) is 3.78. The molecule has 0 spiro atoms. The van der Waals surface area contributed by atoms with E-state index in [0.717, 1.165) is 16.3 Å². The first kappa shape index (κ1) is 15.1. The van der Waals surface area contributed by atoms with Crippen LogP contribution in [-0.4, -0.2) is 28.6 Å². The molecule has 7 nitrogen and oxygen atoms in total.